The van der Waals surface area contributed by atoms with Crippen LogP contribution in [0.2, 0.25) is 0 Å². The number of carbonyl (C=O) groups excluding carboxylic acids is 1. The summed E-state index contributed by atoms with van der Waals surface area (Å²) in [5.74, 6) is 2.55. The minimum absolute atomic E-state index is 0.0935. The van der Waals surface area contributed by atoms with Crippen molar-refractivity contribution in [2.45, 2.75) is 58.0 Å². The standard InChI is InChI=1S/C16H24O3/c1-5-16(18)11-6-8-12-14(2,13(17)19-4)9-7-10-15(12,16)3/h1,12,18H,6-11H2,2-4H3/t12-,14-,15-,16+/m1/s1. The van der Waals surface area contributed by atoms with Crippen LogP contribution in [0, 0.1) is 29.1 Å². The Morgan fingerprint density at radius 2 is 2.00 bits per heavy atom. The van der Waals surface area contributed by atoms with E-state index in [4.69, 9.17) is 11.2 Å². The van der Waals surface area contributed by atoms with Crippen LogP contribution in [0.1, 0.15) is 52.4 Å². The topological polar surface area (TPSA) is 46.5 Å². The molecule has 0 spiro atoms. The highest BCUT2D eigenvalue weighted by Gasteiger charge is 2.62. The molecule has 106 valence electrons. The molecule has 1 N–H and O–H groups in total. The minimum Gasteiger partial charge on any atom is -0.469 e. The van der Waals surface area contributed by atoms with Gasteiger partial charge in [0, 0.05) is 5.41 Å². The molecule has 0 heterocycles. The Hall–Kier alpha value is -1.01. The Labute approximate surface area is 115 Å². The van der Waals surface area contributed by atoms with Crippen LogP contribution >= 0.6 is 0 Å². The number of hydrogen-bond acceptors (Lipinski definition) is 3. The van der Waals surface area contributed by atoms with Crippen molar-refractivity contribution < 1.29 is 14.6 Å². The molecule has 0 saturated heterocycles. The summed E-state index contributed by atoms with van der Waals surface area (Å²) in [5.41, 5.74) is -2.00. The van der Waals surface area contributed by atoms with Crippen molar-refractivity contribution in [3.8, 4) is 12.3 Å². The predicted octanol–water partition coefficient (Wildman–Crippen LogP) is 2.52. The molecule has 2 fully saturated rings. The summed E-state index contributed by atoms with van der Waals surface area (Å²) in [4.78, 5) is 12.2. The van der Waals surface area contributed by atoms with E-state index in [9.17, 15) is 9.90 Å². The van der Waals surface area contributed by atoms with Crippen LogP contribution in [0.3, 0.4) is 0 Å². The van der Waals surface area contributed by atoms with Crippen molar-refractivity contribution in [1.29, 1.82) is 0 Å². The lowest BCUT2D eigenvalue weighted by atomic mass is 9.46. The van der Waals surface area contributed by atoms with Crippen molar-refractivity contribution in [3.63, 3.8) is 0 Å². The van der Waals surface area contributed by atoms with Crippen LogP contribution in [0.15, 0.2) is 0 Å². The van der Waals surface area contributed by atoms with Crippen molar-refractivity contribution in [2.24, 2.45) is 16.7 Å². The number of hydrogen-bond donors (Lipinski definition) is 1. The van der Waals surface area contributed by atoms with Gasteiger partial charge in [0.2, 0.25) is 0 Å². The molecule has 0 unspecified atom stereocenters. The SMILES string of the molecule is C#C[C@]1(O)CCC[C@@H]2[C@](C)(C(=O)OC)CCC[C@]21C. The van der Waals surface area contributed by atoms with E-state index in [2.05, 4.69) is 12.8 Å². The number of methoxy groups -OCH3 is 1. The molecule has 0 aromatic carbocycles. The summed E-state index contributed by atoms with van der Waals surface area (Å²) >= 11 is 0. The lowest BCUT2D eigenvalue weighted by Gasteiger charge is -2.58. The fourth-order valence-corrected chi connectivity index (χ4v) is 4.57. The monoisotopic (exact) mass is 264 g/mol. The molecule has 4 atom stereocenters. The quantitative estimate of drug-likeness (QED) is 0.585. The predicted molar refractivity (Wildman–Crippen MR) is 73.2 cm³/mol. The number of carbonyl (C=O) groups is 1. The van der Waals surface area contributed by atoms with Gasteiger partial charge in [-0.15, -0.1) is 6.42 Å². The largest absolute Gasteiger partial charge is 0.469 e. The van der Waals surface area contributed by atoms with Gasteiger partial charge >= 0.3 is 5.97 Å². The molecule has 3 heteroatoms. The van der Waals surface area contributed by atoms with Gasteiger partial charge in [0.15, 0.2) is 0 Å². The fourth-order valence-electron chi connectivity index (χ4n) is 4.57. The second-order valence-electron chi connectivity index (χ2n) is 6.63. The first kappa shape index (κ1) is 14.4. The summed E-state index contributed by atoms with van der Waals surface area (Å²) in [5, 5.41) is 10.8. The average Bonchev–Trinajstić information content (AvgIpc) is 2.40. The van der Waals surface area contributed by atoms with Gasteiger partial charge in [0.25, 0.3) is 0 Å². The Balaban J connectivity index is 2.46. The third kappa shape index (κ3) is 1.80. The number of esters is 1. The molecule has 0 radical (unpaired) electrons. The second kappa shape index (κ2) is 4.52. The molecule has 0 bridgehead atoms. The smallest absolute Gasteiger partial charge is 0.311 e. The van der Waals surface area contributed by atoms with Crippen molar-refractivity contribution in [2.75, 3.05) is 7.11 Å². The van der Waals surface area contributed by atoms with Crippen molar-refractivity contribution in [3.05, 3.63) is 0 Å². The highest BCUT2D eigenvalue weighted by Crippen LogP contribution is 2.61. The molecule has 19 heavy (non-hydrogen) atoms. The van der Waals surface area contributed by atoms with Crippen LogP contribution in [-0.2, 0) is 9.53 Å². The number of aliphatic hydroxyl groups is 1. The van der Waals surface area contributed by atoms with Crippen LogP contribution < -0.4 is 0 Å². The van der Waals surface area contributed by atoms with E-state index in [1.165, 1.54) is 7.11 Å². The number of terminal acetylenes is 1. The molecular formula is C16H24O3. The van der Waals surface area contributed by atoms with Crippen molar-refractivity contribution >= 4 is 5.97 Å². The van der Waals surface area contributed by atoms with Gasteiger partial charge in [0.1, 0.15) is 5.60 Å². The molecule has 2 saturated carbocycles. The van der Waals surface area contributed by atoms with E-state index in [0.717, 1.165) is 32.1 Å². The van der Waals surface area contributed by atoms with E-state index in [-0.39, 0.29) is 17.3 Å². The molecule has 0 aromatic rings. The van der Waals surface area contributed by atoms with Gasteiger partial charge < -0.3 is 9.84 Å². The zero-order valence-corrected chi connectivity index (χ0v) is 12.2. The first-order valence-corrected chi connectivity index (χ1v) is 7.13. The van der Waals surface area contributed by atoms with E-state index in [1.807, 2.05) is 6.92 Å². The number of rotatable bonds is 1. The Morgan fingerprint density at radius 3 is 2.58 bits per heavy atom. The van der Waals surface area contributed by atoms with Gasteiger partial charge in [0.05, 0.1) is 12.5 Å². The second-order valence-corrected chi connectivity index (χ2v) is 6.63. The molecule has 3 nitrogen and oxygen atoms in total. The molecule has 2 rings (SSSR count). The van der Waals surface area contributed by atoms with Gasteiger partial charge in [-0.1, -0.05) is 19.3 Å². The van der Waals surface area contributed by atoms with Crippen LogP contribution in [-0.4, -0.2) is 23.8 Å². The number of ether oxygens (including phenoxy) is 1. The van der Waals surface area contributed by atoms with E-state index < -0.39 is 11.0 Å². The van der Waals surface area contributed by atoms with Crippen LogP contribution in [0.25, 0.3) is 0 Å². The molecule has 0 aromatic heterocycles. The molecule has 0 aliphatic heterocycles. The first-order chi connectivity index (χ1) is 8.84. The third-order valence-corrected chi connectivity index (χ3v) is 5.80. The van der Waals surface area contributed by atoms with E-state index in [0.29, 0.717) is 6.42 Å². The van der Waals surface area contributed by atoms with E-state index in [1.54, 1.807) is 0 Å². The third-order valence-electron chi connectivity index (χ3n) is 5.80. The Bertz CT molecular complexity index is 424. The molecule has 2 aliphatic rings. The Kier molecular flexibility index (Phi) is 3.43. The molecule has 2 aliphatic carbocycles. The Morgan fingerprint density at radius 1 is 1.32 bits per heavy atom. The maximum Gasteiger partial charge on any atom is 0.311 e. The summed E-state index contributed by atoms with van der Waals surface area (Å²) in [7, 11) is 1.44. The average molecular weight is 264 g/mol. The maximum atomic E-state index is 12.2. The molecule has 0 amide bonds. The van der Waals surface area contributed by atoms with Gasteiger partial charge in [-0.05, 0) is 44.9 Å². The minimum atomic E-state index is -1.09. The highest BCUT2D eigenvalue weighted by molar-refractivity contribution is 5.77. The van der Waals surface area contributed by atoms with E-state index >= 15 is 0 Å². The maximum absolute atomic E-state index is 12.2. The zero-order chi connectivity index (χ0) is 14.3. The summed E-state index contributed by atoms with van der Waals surface area (Å²) in [6.45, 7) is 4.03. The summed E-state index contributed by atoms with van der Waals surface area (Å²) in [6, 6.07) is 0. The zero-order valence-electron chi connectivity index (χ0n) is 12.2. The highest BCUT2D eigenvalue weighted by atomic mass is 16.5. The molecular weight excluding hydrogens is 240 g/mol. The summed E-state index contributed by atoms with van der Waals surface area (Å²) < 4.78 is 5.02. The van der Waals surface area contributed by atoms with Crippen LogP contribution in [0.4, 0.5) is 0 Å². The van der Waals surface area contributed by atoms with Crippen molar-refractivity contribution in [1.82, 2.24) is 0 Å². The van der Waals surface area contributed by atoms with Gasteiger partial charge in [-0.2, -0.15) is 0 Å². The van der Waals surface area contributed by atoms with Gasteiger partial charge in [-0.3, -0.25) is 4.79 Å². The normalized spacial score (nSPS) is 45.9. The lowest BCUT2D eigenvalue weighted by Crippen LogP contribution is -2.60. The van der Waals surface area contributed by atoms with Gasteiger partial charge in [-0.25, -0.2) is 0 Å². The van der Waals surface area contributed by atoms with Crippen LogP contribution in [0.5, 0.6) is 0 Å². The fraction of sp³-hybridized carbons (Fsp3) is 0.812. The number of fused-ring (bicyclic) bond motifs is 1. The lowest BCUT2D eigenvalue weighted by molar-refractivity contribution is -0.185. The first-order valence-electron chi connectivity index (χ1n) is 7.13. The summed E-state index contributed by atoms with van der Waals surface area (Å²) in [6.07, 6.45) is 10.7.